The number of nitrogens with one attached hydrogen (secondary N) is 2. The summed E-state index contributed by atoms with van der Waals surface area (Å²) in [5, 5.41) is 3.39. The largest absolute Gasteiger partial charge is 0.360 e. The molecule has 3 aromatic rings. The van der Waals surface area contributed by atoms with Gasteiger partial charge in [-0.05, 0) is 29.2 Å². The van der Waals surface area contributed by atoms with Crippen LogP contribution in [-0.2, 0) is 5.41 Å². The zero-order chi connectivity index (χ0) is 17.3. The number of carbonyl (C=O) groups excluding carboxylic acids is 1. The summed E-state index contributed by atoms with van der Waals surface area (Å²) in [5.41, 5.74) is 2.19. The van der Waals surface area contributed by atoms with Crippen molar-refractivity contribution in [2.24, 2.45) is 0 Å². The third-order valence-electron chi connectivity index (χ3n) is 4.02. The Balaban J connectivity index is 2.00. The molecule has 0 bridgehead atoms. The van der Waals surface area contributed by atoms with E-state index >= 15 is 0 Å². The first kappa shape index (κ1) is 16.0. The Morgan fingerprint density at radius 2 is 1.67 bits per heavy atom. The van der Waals surface area contributed by atoms with Gasteiger partial charge in [-0.15, -0.1) is 0 Å². The normalized spacial score (nSPS) is 11.5. The number of fused-ring (bicyclic) bond motifs is 1. The van der Waals surface area contributed by atoms with Crippen LogP contribution in [0.15, 0.2) is 59.5 Å². The lowest BCUT2D eigenvalue weighted by molar-refractivity contribution is 0.102. The van der Waals surface area contributed by atoms with Crippen molar-refractivity contribution < 1.29 is 4.79 Å². The number of para-hydroxylation sites is 2. The highest BCUT2D eigenvalue weighted by Gasteiger charge is 2.20. The number of pyridine rings is 1. The highest BCUT2D eigenvalue weighted by molar-refractivity contribution is 6.06. The van der Waals surface area contributed by atoms with Crippen LogP contribution in [-0.4, -0.2) is 10.9 Å². The van der Waals surface area contributed by atoms with Gasteiger partial charge in [-0.2, -0.15) is 0 Å². The molecule has 0 unspecified atom stereocenters. The molecular formula is C20H20N2O2. The van der Waals surface area contributed by atoms with Crippen LogP contribution < -0.4 is 10.7 Å². The first-order valence-corrected chi connectivity index (χ1v) is 7.89. The maximum atomic E-state index is 12.6. The summed E-state index contributed by atoms with van der Waals surface area (Å²) in [7, 11) is 0. The lowest BCUT2D eigenvalue weighted by atomic mass is 9.86. The standard InChI is InChI=1S/C20H20N2O2/c1-20(2,3)15-9-5-7-11-17(15)22-19(24)14-12-21-16-10-6-4-8-13(16)18(14)23/h4-12H,1-3H3,(H,21,23)(H,22,24). The molecule has 0 saturated carbocycles. The molecule has 24 heavy (non-hydrogen) atoms. The maximum absolute atomic E-state index is 12.6. The van der Waals surface area contributed by atoms with Gasteiger partial charge in [0.25, 0.3) is 5.91 Å². The fourth-order valence-electron chi connectivity index (χ4n) is 2.77. The third kappa shape index (κ3) is 2.95. The second kappa shape index (κ2) is 5.96. The van der Waals surface area contributed by atoms with Gasteiger partial charge in [-0.25, -0.2) is 0 Å². The van der Waals surface area contributed by atoms with Crippen LogP contribution in [0.5, 0.6) is 0 Å². The van der Waals surface area contributed by atoms with Crippen LogP contribution in [0, 0.1) is 0 Å². The number of H-pyrrole nitrogens is 1. The molecule has 122 valence electrons. The highest BCUT2D eigenvalue weighted by atomic mass is 16.2. The number of benzene rings is 2. The Hall–Kier alpha value is -2.88. The molecule has 0 aliphatic carbocycles. The lowest BCUT2D eigenvalue weighted by Gasteiger charge is -2.23. The SMILES string of the molecule is CC(C)(C)c1ccccc1NC(=O)c1c[nH]c2ccccc2c1=O. The van der Waals surface area contributed by atoms with Crippen molar-refractivity contribution >= 4 is 22.5 Å². The second-order valence-corrected chi connectivity index (χ2v) is 6.83. The number of anilines is 1. The Kier molecular flexibility index (Phi) is 3.97. The predicted octanol–water partition coefficient (Wildman–Crippen LogP) is 4.08. The molecule has 3 rings (SSSR count). The summed E-state index contributed by atoms with van der Waals surface area (Å²) in [6.45, 7) is 6.25. The van der Waals surface area contributed by atoms with Crippen molar-refractivity contribution in [2.75, 3.05) is 5.32 Å². The van der Waals surface area contributed by atoms with E-state index in [1.54, 1.807) is 12.1 Å². The minimum absolute atomic E-state index is 0.109. The fraction of sp³-hybridized carbons (Fsp3) is 0.200. The van der Waals surface area contributed by atoms with E-state index in [4.69, 9.17) is 0 Å². The van der Waals surface area contributed by atoms with E-state index in [0.29, 0.717) is 10.9 Å². The monoisotopic (exact) mass is 320 g/mol. The van der Waals surface area contributed by atoms with Crippen LogP contribution in [0.25, 0.3) is 10.9 Å². The van der Waals surface area contributed by atoms with Crippen LogP contribution in [0.3, 0.4) is 0 Å². The van der Waals surface area contributed by atoms with Crippen LogP contribution in [0.4, 0.5) is 5.69 Å². The van der Waals surface area contributed by atoms with E-state index in [-0.39, 0.29) is 16.4 Å². The van der Waals surface area contributed by atoms with Crippen molar-refractivity contribution in [1.82, 2.24) is 4.98 Å². The van der Waals surface area contributed by atoms with Gasteiger partial charge in [0.2, 0.25) is 5.43 Å². The lowest BCUT2D eigenvalue weighted by Crippen LogP contribution is -2.24. The van der Waals surface area contributed by atoms with Crippen molar-refractivity contribution in [1.29, 1.82) is 0 Å². The van der Waals surface area contributed by atoms with Gasteiger partial charge in [0.15, 0.2) is 0 Å². The molecule has 0 fully saturated rings. The maximum Gasteiger partial charge on any atom is 0.261 e. The Morgan fingerprint density at radius 3 is 2.42 bits per heavy atom. The summed E-state index contributed by atoms with van der Waals surface area (Å²) in [5.74, 6) is -0.404. The van der Waals surface area contributed by atoms with Gasteiger partial charge in [0, 0.05) is 22.8 Å². The van der Waals surface area contributed by atoms with Crippen molar-refractivity contribution in [3.05, 3.63) is 76.1 Å². The van der Waals surface area contributed by atoms with E-state index < -0.39 is 5.91 Å². The number of aromatic nitrogens is 1. The van der Waals surface area contributed by atoms with Crippen LogP contribution in [0.1, 0.15) is 36.7 Å². The number of rotatable bonds is 2. The molecule has 1 amide bonds. The van der Waals surface area contributed by atoms with Gasteiger partial charge >= 0.3 is 0 Å². The quantitative estimate of drug-likeness (QED) is 0.747. The van der Waals surface area contributed by atoms with E-state index in [0.717, 1.165) is 11.3 Å². The topological polar surface area (TPSA) is 62.0 Å². The Labute approximate surface area is 140 Å². The predicted molar refractivity (Wildman–Crippen MR) is 97.7 cm³/mol. The molecular weight excluding hydrogens is 300 g/mol. The van der Waals surface area contributed by atoms with Crippen molar-refractivity contribution in [3.8, 4) is 0 Å². The number of amides is 1. The number of hydrogen-bond donors (Lipinski definition) is 2. The summed E-state index contributed by atoms with van der Waals surface area (Å²) in [6.07, 6.45) is 1.47. The molecule has 1 heterocycles. The molecule has 4 heteroatoms. The fourth-order valence-corrected chi connectivity index (χ4v) is 2.77. The van der Waals surface area contributed by atoms with E-state index in [9.17, 15) is 9.59 Å². The minimum atomic E-state index is -0.404. The van der Waals surface area contributed by atoms with Gasteiger partial charge < -0.3 is 10.3 Å². The Bertz CT molecular complexity index is 965. The molecule has 0 radical (unpaired) electrons. The average Bonchev–Trinajstić information content (AvgIpc) is 2.55. The third-order valence-corrected chi connectivity index (χ3v) is 4.02. The smallest absolute Gasteiger partial charge is 0.261 e. The molecule has 4 nitrogen and oxygen atoms in total. The molecule has 1 aromatic heterocycles. The molecule has 2 aromatic carbocycles. The van der Waals surface area contributed by atoms with Crippen LogP contribution >= 0.6 is 0 Å². The molecule has 0 aliphatic heterocycles. The highest BCUT2D eigenvalue weighted by Crippen LogP contribution is 2.29. The molecule has 0 saturated heterocycles. The molecule has 0 spiro atoms. The van der Waals surface area contributed by atoms with E-state index in [2.05, 4.69) is 31.1 Å². The van der Waals surface area contributed by atoms with Gasteiger partial charge in [-0.1, -0.05) is 51.1 Å². The van der Waals surface area contributed by atoms with E-state index in [1.165, 1.54) is 6.20 Å². The minimum Gasteiger partial charge on any atom is -0.360 e. The van der Waals surface area contributed by atoms with Crippen molar-refractivity contribution in [3.63, 3.8) is 0 Å². The zero-order valence-corrected chi connectivity index (χ0v) is 14.0. The molecule has 0 atom stereocenters. The van der Waals surface area contributed by atoms with Crippen molar-refractivity contribution in [2.45, 2.75) is 26.2 Å². The first-order valence-electron chi connectivity index (χ1n) is 7.89. The summed E-state index contributed by atoms with van der Waals surface area (Å²) < 4.78 is 0. The summed E-state index contributed by atoms with van der Waals surface area (Å²) >= 11 is 0. The Morgan fingerprint density at radius 1 is 1.00 bits per heavy atom. The average molecular weight is 320 g/mol. The number of hydrogen-bond acceptors (Lipinski definition) is 2. The van der Waals surface area contributed by atoms with Gasteiger partial charge in [0.1, 0.15) is 5.56 Å². The second-order valence-electron chi connectivity index (χ2n) is 6.83. The number of aromatic amines is 1. The van der Waals surface area contributed by atoms with E-state index in [1.807, 2.05) is 36.4 Å². The summed E-state index contributed by atoms with van der Waals surface area (Å²) in [4.78, 5) is 28.2. The molecule has 2 N–H and O–H groups in total. The first-order chi connectivity index (χ1) is 11.4. The zero-order valence-electron chi connectivity index (χ0n) is 14.0. The summed E-state index contributed by atoms with van der Waals surface area (Å²) in [6, 6.07) is 14.8. The van der Waals surface area contributed by atoms with Gasteiger partial charge in [-0.3, -0.25) is 9.59 Å². The van der Waals surface area contributed by atoms with Crippen LogP contribution in [0.2, 0.25) is 0 Å². The molecule has 0 aliphatic rings. The van der Waals surface area contributed by atoms with Gasteiger partial charge in [0.05, 0.1) is 0 Å². The number of carbonyl (C=O) groups is 1.